The lowest BCUT2D eigenvalue weighted by molar-refractivity contribution is -0.123. The van der Waals surface area contributed by atoms with Crippen LogP contribution in [0.4, 0.5) is 10.5 Å². The van der Waals surface area contributed by atoms with Gasteiger partial charge < -0.3 is 15.4 Å². The van der Waals surface area contributed by atoms with Crippen LogP contribution in [0.25, 0.3) is 0 Å². The van der Waals surface area contributed by atoms with Gasteiger partial charge in [0.1, 0.15) is 0 Å². The molecule has 0 aliphatic heterocycles. The summed E-state index contributed by atoms with van der Waals surface area (Å²) in [5.41, 5.74) is 0.917. The lowest BCUT2D eigenvalue weighted by atomic mass is 10.2. The summed E-state index contributed by atoms with van der Waals surface area (Å²) in [4.78, 5) is 34.6. The summed E-state index contributed by atoms with van der Waals surface area (Å²) < 4.78 is 4.87. The van der Waals surface area contributed by atoms with Gasteiger partial charge in [0.25, 0.3) is 5.91 Å². The fourth-order valence-corrected chi connectivity index (χ4v) is 1.55. The topological polar surface area (TPSA) is 96.5 Å². The molecule has 0 fully saturated rings. The molecule has 1 aromatic rings. The Morgan fingerprint density at radius 2 is 1.86 bits per heavy atom. The molecular weight excluding hydrogens is 274 g/mol. The molecule has 0 spiro atoms. The van der Waals surface area contributed by atoms with Gasteiger partial charge in [-0.05, 0) is 26.0 Å². The van der Waals surface area contributed by atoms with Gasteiger partial charge in [-0.3, -0.25) is 10.1 Å². The van der Waals surface area contributed by atoms with Gasteiger partial charge in [-0.25, -0.2) is 9.59 Å². The molecule has 1 aromatic carbocycles. The smallest absolute Gasteiger partial charge is 0.340 e. The third-order valence-corrected chi connectivity index (χ3v) is 2.42. The van der Waals surface area contributed by atoms with Crippen LogP contribution in [0.2, 0.25) is 0 Å². The maximum absolute atomic E-state index is 11.8. The Hall–Kier alpha value is -2.57. The van der Waals surface area contributed by atoms with E-state index in [0.29, 0.717) is 11.3 Å². The molecule has 0 aromatic heterocycles. The number of benzene rings is 1. The van der Waals surface area contributed by atoms with Crippen molar-refractivity contribution in [2.75, 3.05) is 19.0 Å². The zero-order chi connectivity index (χ0) is 15.8. The Kier molecular flexibility index (Phi) is 6.19. The molecule has 0 heterocycles. The number of imide groups is 1. The van der Waals surface area contributed by atoms with E-state index in [1.54, 1.807) is 45.2 Å². The maximum Gasteiger partial charge on any atom is 0.340 e. The number of urea groups is 1. The van der Waals surface area contributed by atoms with Crippen LogP contribution in [0.3, 0.4) is 0 Å². The Morgan fingerprint density at radius 1 is 1.19 bits per heavy atom. The molecule has 0 unspecified atom stereocenters. The number of para-hydroxylation sites is 1. The molecule has 0 aliphatic rings. The predicted octanol–water partition coefficient (Wildman–Crippen LogP) is 1.12. The second-order valence-electron chi connectivity index (χ2n) is 4.55. The number of hydrogen-bond donors (Lipinski definition) is 3. The zero-order valence-electron chi connectivity index (χ0n) is 12.2. The average Bonchev–Trinajstić information content (AvgIpc) is 2.43. The van der Waals surface area contributed by atoms with Crippen LogP contribution in [-0.2, 0) is 9.53 Å². The lowest BCUT2D eigenvalue weighted by Gasteiger charge is -2.10. The van der Waals surface area contributed by atoms with E-state index in [1.807, 2.05) is 0 Å². The number of carbonyl (C=O) groups excluding carboxylic acids is 3. The van der Waals surface area contributed by atoms with E-state index in [-0.39, 0.29) is 6.04 Å². The van der Waals surface area contributed by atoms with E-state index in [4.69, 9.17) is 4.74 Å². The molecule has 0 radical (unpaired) electrons. The van der Waals surface area contributed by atoms with Crippen molar-refractivity contribution >= 4 is 23.6 Å². The number of nitrogens with one attached hydrogen (secondary N) is 3. The Balaban J connectivity index is 2.49. The minimum atomic E-state index is -0.691. The lowest BCUT2D eigenvalue weighted by Crippen LogP contribution is -2.44. The first kappa shape index (κ1) is 16.5. The van der Waals surface area contributed by atoms with Gasteiger partial charge in [-0.2, -0.15) is 0 Å². The van der Waals surface area contributed by atoms with Crippen molar-refractivity contribution in [3.05, 3.63) is 29.8 Å². The number of ether oxygens (including phenoxy) is 1. The van der Waals surface area contributed by atoms with Crippen LogP contribution in [-0.4, -0.2) is 37.6 Å². The van der Waals surface area contributed by atoms with E-state index in [1.165, 1.54) is 0 Å². The Bertz CT molecular complexity index is 529. The van der Waals surface area contributed by atoms with Crippen molar-refractivity contribution in [1.82, 2.24) is 10.6 Å². The van der Waals surface area contributed by atoms with Crippen LogP contribution in [0, 0.1) is 0 Å². The number of carbonyl (C=O) groups is 3. The molecule has 3 N–H and O–H groups in total. The van der Waals surface area contributed by atoms with Gasteiger partial charge in [-0.15, -0.1) is 0 Å². The zero-order valence-corrected chi connectivity index (χ0v) is 12.2. The summed E-state index contributed by atoms with van der Waals surface area (Å²) in [6, 6.07) is 6.04. The third kappa shape index (κ3) is 5.52. The summed E-state index contributed by atoms with van der Waals surface area (Å²) in [7, 11) is 1.68. The molecule has 0 aliphatic carbocycles. The summed E-state index contributed by atoms with van der Waals surface area (Å²) in [6.45, 7) is 3.00. The van der Waals surface area contributed by atoms with E-state index in [2.05, 4.69) is 16.0 Å². The molecule has 21 heavy (non-hydrogen) atoms. The number of hydrogen-bond acceptors (Lipinski definition) is 5. The molecule has 0 bridgehead atoms. The van der Waals surface area contributed by atoms with Crippen LogP contribution in [0.15, 0.2) is 24.3 Å². The maximum atomic E-state index is 11.8. The standard InChI is InChI=1S/C14H19N3O4/c1-9(2)16-14(20)17-12(18)8-21-13(19)10-6-4-5-7-11(10)15-3/h4-7,9,15H,8H2,1-3H3,(H2,16,17,18,20). The second-order valence-corrected chi connectivity index (χ2v) is 4.55. The Labute approximate surface area is 123 Å². The fraction of sp³-hybridized carbons (Fsp3) is 0.357. The highest BCUT2D eigenvalue weighted by Gasteiger charge is 2.15. The molecule has 114 valence electrons. The molecule has 0 saturated heterocycles. The molecule has 1 rings (SSSR count). The SMILES string of the molecule is CNc1ccccc1C(=O)OCC(=O)NC(=O)NC(C)C. The van der Waals surface area contributed by atoms with E-state index >= 15 is 0 Å². The monoisotopic (exact) mass is 293 g/mol. The van der Waals surface area contributed by atoms with Crippen molar-refractivity contribution in [3.63, 3.8) is 0 Å². The first-order valence-electron chi connectivity index (χ1n) is 6.48. The molecule has 3 amide bonds. The summed E-state index contributed by atoms with van der Waals surface area (Å²) in [5, 5.41) is 7.41. The summed E-state index contributed by atoms with van der Waals surface area (Å²) in [5.74, 6) is -1.33. The number of amides is 3. The molecule has 7 heteroatoms. The number of esters is 1. The number of rotatable bonds is 5. The summed E-state index contributed by atoms with van der Waals surface area (Å²) >= 11 is 0. The van der Waals surface area contributed by atoms with Gasteiger partial charge in [0.15, 0.2) is 6.61 Å². The van der Waals surface area contributed by atoms with E-state index in [9.17, 15) is 14.4 Å². The van der Waals surface area contributed by atoms with Crippen LogP contribution in [0.1, 0.15) is 24.2 Å². The van der Waals surface area contributed by atoms with Crippen molar-refractivity contribution in [3.8, 4) is 0 Å². The highest BCUT2D eigenvalue weighted by molar-refractivity contribution is 5.99. The third-order valence-electron chi connectivity index (χ3n) is 2.42. The minimum Gasteiger partial charge on any atom is -0.452 e. The van der Waals surface area contributed by atoms with Crippen molar-refractivity contribution in [2.24, 2.45) is 0 Å². The van der Waals surface area contributed by atoms with Gasteiger partial charge in [-0.1, -0.05) is 12.1 Å². The van der Waals surface area contributed by atoms with Gasteiger partial charge in [0.05, 0.1) is 5.56 Å². The van der Waals surface area contributed by atoms with Gasteiger partial charge in [0, 0.05) is 18.8 Å². The normalized spacial score (nSPS) is 9.90. The molecule has 7 nitrogen and oxygen atoms in total. The minimum absolute atomic E-state index is 0.0946. The van der Waals surface area contributed by atoms with Crippen LogP contribution >= 0.6 is 0 Å². The first-order valence-corrected chi connectivity index (χ1v) is 6.48. The highest BCUT2D eigenvalue weighted by Crippen LogP contribution is 2.14. The van der Waals surface area contributed by atoms with Gasteiger partial charge in [0.2, 0.25) is 0 Å². The first-order chi connectivity index (χ1) is 9.93. The Morgan fingerprint density at radius 3 is 2.48 bits per heavy atom. The van der Waals surface area contributed by atoms with Crippen molar-refractivity contribution in [2.45, 2.75) is 19.9 Å². The van der Waals surface area contributed by atoms with Crippen LogP contribution in [0.5, 0.6) is 0 Å². The fourth-order valence-electron chi connectivity index (χ4n) is 1.55. The van der Waals surface area contributed by atoms with Gasteiger partial charge >= 0.3 is 12.0 Å². The quantitative estimate of drug-likeness (QED) is 0.707. The predicted molar refractivity (Wildman–Crippen MR) is 78.1 cm³/mol. The van der Waals surface area contributed by atoms with Crippen LogP contribution < -0.4 is 16.0 Å². The molecule has 0 saturated carbocycles. The van der Waals surface area contributed by atoms with Crippen molar-refractivity contribution in [1.29, 1.82) is 0 Å². The molecule has 0 atom stereocenters. The summed E-state index contributed by atoms with van der Waals surface area (Å²) in [6.07, 6.45) is 0. The van der Waals surface area contributed by atoms with E-state index < -0.39 is 24.5 Å². The second kappa shape index (κ2) is 7.88. The van der Waals surface area contributed by atoms with Crippen molar-refractivity contribution < 1.29 is 19.1 Å². The van der Waals surface area contributed by atoms with E-state index in [0.717, 1.165) is 0 Å². The average molecular weight is 293 g/mol. The highest BCUT2D eigenvalue weighted by atomic mass is 16.5. The number of anilines is 1. The molecular formula is C14H19N3O4. The largest absolute Gasteiger partial charge is 0.452 e.